The maximum atomic E-state index is 13.3. The minimum absolute atomic E-state index is 0.00456. The third-order valence-corrected chi connectivity index (χ3v) is 4.88. The average molecular weight is 327 g/mol. The van der Waals surface area contributed by atoms with E-state index in [1.807, 2.05) is 0 Å². The van der Waals surface area contributed by atoms with Gasteiger partial charge in [0.25, 0.3) is 5.56 Å². The van der Waals surface area contributed by atoms with E-state index < -0.39 is 41.4 Å². The summed E-state index contributed by atoms with van der Waals surface area (Å²) in [4.78, 5) is 21.9. The zero-order chi connectivity index (χ0) is 16.8. The first-order chi connectivity index (χ1) is 10.7. The molecule has 6 N–H and O–H groups in total. The van der Waals surface area contributed by atoms with Crippen LogP contribution in [0.2, 0.25) is 0 Å². The number of aromatic nitrogens is 4. The SMILES string of the molecule is C[C@]1(O)[C@H](n2cnc3c(=O)[nH]c(N)nc32)O[C@]2(CF)C(O)[C@]12O. The van der Waals surface area contributed by atoms with E-state index in [-0.39, 0.29) is 17.1 Å². The van der Waals surface area contributed by atoms with Crippen molar-refractivity contribution in [1.29, 1.82) is 0 Å². The lowest BCUT2D eigenvalue weighted by Crippen LogP contribution is -2.48. The number of nitrogens with one attached hydrogen (secondary N) is 1. The van der Waals surface area contributed by atoms with Gasteiger partial charge in [-0.1, -0.05) is 0 Å². The van der Waals surface area contributed by atoms with Crippen molar-refractivity contribution >= 4 is 17.1 Å². The van der Waals surface area contributed by atoms with Crippen LogP contribution in [0.15, 0.2) is 11.1 Å². The summed E-state index contributed by atoms with van der Waals surface area (Å²) in [5.41, 5.74) is -1.30. The number of nitrogen functional groups attached to an aromatic ring is 1. The lowest BCUT2D eigenvalue weighted by atomic mass is 9.94. The van der Waals surface area contributed by atoms with Crippen molar-refractivity contribution < 1.29 is 24.4 Å². The van der Waals surface area contributed by atoms with Crippen molar-refractivity contribution in [2.45, 2.75) is 36.1 Å². The Hall–Kier alpha value is -2.08. The molecule has 1 unspecified atom stereocenters. The van der Waals surface area contributed by atoms with Gasteiger partial charge in [-0.05, 0) is 6.92 Å². The molecule has 5 atom stereocenters. The van der Waals surface area contributed by atoms with E-state index in [0.29, 0.717) is 0 Å². The molecule has 0 radical (unpaired) electrons. The fraction of sp³-hybridized carbons (Fsp3) is 0.583. The topological polar surface area (TPSA) is 160 Å². The standard InChI is InChI=1S/C12H14FN5O5/c1-10(21)8(23-11(2-13)7(20)12(10,11)22)18-3-15-4-5(18)16-9(14)17-6(4)19/h3,7-8,20-22H,2H2,1H3,(H3,14,16,17,19)/t7?,8-,10+,11-,12+/m1/s1. The molecule has 1 aliphatic heterocycles. The van der Waals surface area contributed by atoms with Gasteiger partial charge < -0.3 is 25.8 Å². The predicted octanol–water partition coefficient (Wildman–Crippen LogP) is -2.20. The van der Waals surface area contributed by atoms with Crippen LogP contribution in [0.3, 0.4) is 0 Å². The van der Waals surface area contributed by atoms with Gasteiger partial charge in [0.1, 0.15) is 18.4 Å². The largest absolute Gasteiger partial charge is 0.387 e. The summed E-state index contributed by atoms with van der Waals surface area (Å²) in [6.45, 7) is 0.00769. The van der Waals surface area contributed by atoms with Crippen molar-refractivity contribution in [2.24, 2.45) is 0 Å². The molecule has 0 spiro atoms. The van der Waals surface area contributed by atoms with E-state index in [1.54, 1.807) is 0 Å². The number of anilines is 1. The smallest absolute Gasteiger partial charge is 0.280 e. The Kier molecular flexibility index (Phi) is 2.44. The Morgan fingerprint density at radius 3 is 2.87 bits per heavy atom. The number of H-pyrrole nitrogens is 1. The second-order valence-electron chi connectivity index (χ2n) is 6.08. The number of alkyl halides is 1. The van der Waals surface area contributed by atoms with Crippen LogP contribution in [0, 0.1) is 0 Å². The molecule has 2 fully saturated rings. The van der Waals surface area contributed by atoms with Gasteiger partial charge in [0.2, 0.25) is 5.95 Å². The van der Waals surface area contributed by atoms with Crippen molar-refractivity contribution in [2.75, 3.05) is 12.4 Å². The molecule has 0 bridgehead atoms. The molecule has 2 aliphatic rings. The van der Waals surface area contributed by atoms with Gasteiger partial charge in [0.05, 0.1) is 6.33 Å². The fourth-order valence-electron chi connectivity index (χ4n) is 3.48. The number of hydrogen-bond donors (Lipinski definition) is 5. The molecule has 23 heavy (non-hydrogen) atoms. The van der Waals surface area contributed by atoms with Gasteiger partial charge in [-0.2, -0.15) is 4.98 Å². The summed E-state index contributed by atoms with van der Waals surface area (Å²) in [6, 6.07) is 0. The maximum absolute atomic E-state index is 13.3. The van der Waals surface area contributed by atoms with Crippen LogP contribution in [0.4, 0.5) is 10.3 Å². The van der Waals surface area contributed by atoms with Crippen LogP contribution < -0.4 is 11.3 Å². The van der Waals surface area contributed by atoms with Crippen molar-refractivity contribution in [3.63, 3.8) is 0 Å². The quantitative estimate of drug-likeness (QED) is 0.415. The number of halogens is 1. The van der Waals surface area contributed by atoms with E-state index in [9.17, 15) is 24.5 Å². The summed E-state index contributed by atoms with van der Waals surface area (Å²) in [7, 11) is 0. The zero-order valence-corrected chi connectivity index (χ0v) is 11.9. The first kappa shape index (κ1) is 14.5. The number of nitrogens with zero attached hydrogens (tertiary/aromatic N) is 3. The minimum Gasteiger partial charge on any atom is -0.387 e. The van der Waals surface area contributed by atoms with Gasteiger partial charge in [-0.15, -0.1) is 0 Å². The zero-order valence-electron chi connectivity index (χ0n) is 11.9. The molecular formula is C12H14FN5O5. The molecule has 3 heterocycles. The summed E-state index contributed by atoms with van der Waals surface area (Å²) >= 11 is 0. The highest BCUT2D eigenvalue weighted by Gasteiger charge is 2.91. The third kappa shape index (κ3) is 1.35. The number of aromatic amines is 1. The molecule has 0 amide bonds. The number of fused-ring (bicyclic) bond motifs is 2. The Morgan fingerprint density at radius 1 is 1.57 bits per heavy atom. The van der Waals surface area contributed by atoms with Crippen LogP contribution >= 0.6 is 0 Å². The highest BCUT2D eigenvalue weighted by atomic mass is 19.1. The van der Waals surface area contributed by atoms with Gasteiger partial charge in [-0.25, -0.2) is 9.37 Å². The average Bonchev–Trinajstić information content (AvgIpc) is 2.77. The number of hydrogen-bond acceptors (Lipinski definition) is 8. The molecule has 4 rings (SSSR count). The second-order valence-corrected chi connectivity index (χ2v) is 6.08. The first-order valence-electron chi connectivity index (χ1n) is 6.79. The summed E-state index contributed by atoms with van der Waals surface area (Å²) < 4.78 is 20.0. The van der Waals surface area contributed by atoms with Gasteiger partial charge >= 0.3 is 0 Å². The predicted molar refractivity (Wildman–Crippen MR) is 73.0 cm³/mol. The molecule has 10 nitrogen and oxygen atoms in total. The highest BCUT2D eigenvalue weighted by molar-refractivity contribution is 5.70. The van der Waals surface area contributed by atoms with Crippen LogP contribution in [0.1, 0.15) is 13.2 Å². The summed E-state index contributed by atoms with van der Waals surface area (Å²) in [5, 5.41) is 30.9. The Bertz CT molecular complexity index is 880. The monoisotopic (exact) mass is 327 g/mol. The van der Waals surface area contributed by atoms with E-state index in [1.165, 1.54) is 11.5 Å². The van der Waals surface area contributed by atoms with Crippen molar-refractivity contribution in [3.05, 3.63) is 16.7 Å². The van der Waals surface area contributed by atoms with Crippen molar-refractivity contribution in [3.8, 4) is 0 Å². The first-order valence-corrected chi connectivity index (χ1v) is 6.79. The van der Waals surface area contributed by atoms with Crippen LogP contribution in [0.25, 0.3) is 11.2 Å². The molecule has 2 aromatic heterocycles. The Balaban J connectivity index is 1.89. The number of ether oxygens (including phenoxy) is 1. The van der Waals surface area contributed by atoms with E-state index in [0.717, 1.165) is 6.33 Å². The molecule has 1 saturated heterocycles. The molecule has 2 aromatic rings. The maximum Gasteiger partial charge on any atom is 0.280 e. The summed E-state index contributed by atoms with van der Waals surface area (Å²) in [5.74, 6) is -0.175. The summed E-state index contributed by atoms with van der Waals surface area (Å²) in [6.07, 6.45) is -1.72. The molecule has 1 saturated carbocycles. The van der Waals surface area contributed by atoms with Gasteiger partial charge in [0, 0.05) is 0 Å². The van der Waals surface area contributed by atoms with E-state index in [4.69, 9.17) is 10.5 Å². The molecular weight excluding hydrogens is 313 g/mol. The lowest BCUT2D eigenvalue weighted by Gasteiger charge is -2.32. The third-order valence-electron chi connectivity index (χ3n) is 4.88. The molecule has 124 valence electrons. The van der Waals surface area contributed by atoms with E-state index >= 15 is 0 Å². The number of aliphatic hydroxyl groups excluding tert-OH is 1. The Morgan fingerprint density at radius 2 is 2.26 bits per heavy atom. The number of nitrogens with two attached hydrogens (primary N) is 1. The van der Waals surface area contributed by atoms with Crippen LogP contribution in [-0.4, -0.2) is 64.4 Å². The normalized spacial score (nSPS) is 42.1. The number of imidazole rings is 1. The molecule has 11 heteroatoms. The number of aliphatic hydroxyl groups is 3. The number of rotatable bonds is 2. The minimum atomic E-state index is -2.18. The Labute approximate surface area is 127 Å². The molecule has 1 aliphatic carbocycles. The van der Waals surface area contributed by atoms with Crippen LogP contribution in [0.5, 0.6) is 0 Å². The second kappa shape index (κ2) is 3.87. The van der Waals surface area contributed by atoms with Crippen molar-refractivity contribution in [1.82, 2.24) is 19.5 Å². The lowest BCUT2D eigenvalue weighted by molar-refractivity contribution is -0.165. The van der Waals surface area contributed by atoms with E-state index in [2.05, 4.69) is 15.0 Å². The van der Waals surface area contributed by atoms with Gasteiger partial charge in [-0.3, -0.25) is 14.3 Å². The highest BCUT2D eigenvalue weighted by Crippen LogP contribution is 2.67. The molecule has 0 aromatic carbocycles. The van der Waals surface area contributed by atoms with Gasteiger partial charge in [0.15, 0.2) is 28.6 Å². The van der Waals surface area contributed by atoms with Crippen LogP contribution in [-0.2, 0) is 4.74 Å². The fourth-order valence-corrected chi connectivity index (χ4v) is 3.48.